The van der Waals surface area contributed by atoms with Crippen molar-refractivity contribution in [3.8, 4) is 0 Å². The van der Waals surface area contributed by atoms with Gasteiger partial charge in [-0.25, -0.2) is 4.79 Å². The van der Waals surface area contributed by atoms with E-state index in [1.165, 1.54) is 0 Å². The summed E-state index contributed by atoms with van der Waals surface area (Å²) in [4.78, 5) is 43.2. The molecule has 7 heteroatoms. The van der Waals surface area contributed by atoms with Crippen molar-refractivity contribution in [2.45, 2.75) is 31.2 Å². The Balaban J connectivity index is 1.50. The second-order valence-electron chi connectivity index (χ2n) is 7.48. The van der Waals surface area contributed by atoms with Crippen LogP contribution in [0, 0.1) is 0 Å². The molecule has 0 saturated carbocycles. The third-order valence-electron chi connectivity index (χ3n) is 5.79. The molecule has 0 aliphatic carbocycles. The van der Waals surface area contributed by atoms with Crippen LogP contribution in [0.1, 0.15) is 24.8 Å². The van der Waals surface area contributed by atoms with E-state index in [9.17, 15) is 14.4 Å². The molecule has 1 aromatic carbocycles. The first-order chi connectivity index (χ1) is 12.5. The zero-order valence-corrected chi connectivity index (χ0v) is 15.0. The first kappa shape index (κ1) is 17.0. The second-order valence-corrected chi connectivity index (χ2v) is 7.48. The van der Waals surface area contributed by atoms with Gasteiger partial charge >= 0.3 is 6.03 Å². The lowest BCUT2D eigenvalue weighted by Gasteiger charge is -2.35. The molecule has 138 valence electrons. The zero-order valence-electron chi connectivity index (χ0n) is 15.0. The van der Waals surface area contributed by atoms with Crippen LogP contribution in [0.4, 0.5) is 10.5 Å². The van der Waals surface area contributed by atoms with Gasteiger partial charge in [0, 0.05) is 25.3 Å². The molecule has 1 aromatic rings. The summed E-state index contributed by atoms with van der Waals surface area (Å²) in [5.74, 6) is -0.458. The summed E-state index contributed by atoms with van der Waals surface area (Å²) in [6.45, 7) is 1.94. The molecule has 4 amide bonds. The average molecular weight is 356 g/mol. The largest absolute Gasteiger partial charge is 0.325 e. The maximum atomic E-state index is 12.9. The number of aryl methyl sites for hydroxylation is 1. The number of piperidine rings is 1. The second kappa shape index (κ2) is 6.39. The van der Waals surface area contributed by atoms with E-state index in [0.29, 0.717) is 19.4 Å². The molecule has 2 fully saturated rings. The van der Waals surface area contributed by atoms with Gasteiger partial charge in [0.15, 0.2) is 0 Å². The van der Waals surface area contributed by atoms with Crippen molar-refractivity contribution >= 4 is 23.5 Å². The van der Waals surface area contributed by atoms with E-state index >= 15 is 0 Å². The van der Waals surface area contributed by atoms with Crippen molar-refractivity contribution in [2.75, 3.05) is 38.1 Å². The van der Waals surface area contributed by atoms with Gasteiger partial charge in [-0.15, -0.1) is 0 Å². The van der Waals surface area contributed by atoms with Gasteiger partial charge in [-0.05, 0) is 44.4 Å². The van der Waals surface area contributed by atoms with Gasteiger partial charge < -0.3 is 15.1 Å². The maximum absolute atomic E-state index is 12.9. The highest BCUT2D eigenvalue weighted by Gasteiger charge is 2.52. The molecule has 3 aliphatic rings. The lowest BCUT2D eigenvalue weighted by atomic mass is 9.88. The van der Waals surface area contributed by atoms with Gasteiger partial charge in [-0.2, -0.15) is 0 Å². The van der Waals surface area contributed by atoms with Crippen molar-refractivity contribution < 1.29 is 14.4 Å². The van der Waals surface area contributed by atoms with Crippen LogP contribution in [0.15, 0.2) is 24.3 Å². The quantitative estimate of drug-likeness (QED) is 0.802. The minimum Gasteiger partial charge on any atom is -0.323 e. The van der Waals surface area contributed by atoms with Crippen LogP contribution >= 0.6 is 0 Å². The Morgan fingerprint density at radius 3 is 2.65 bits per heavy atom. The maximum Gasteiger partial charge on any atom is 0.325 e. The highest BCUT2D eigenvalue weighted by molar-refractivity contribution is 6.10. The lowest BCUT2D eigenvalue weighted by Crippen LogP contribution is -2.54. The number of nitrogens with zero attached hydrogens (tertiary/aromatic N) is 3. The van der Waals surface area contributed by atoms with Crippen LogP contribution in [-0.4, -0.2) is 66.4 Å². The highest BCUT2D eigenvalue weighted by Crippen LogP contribution is 2.30. The number of nitrogens with one attached hydrogen (secondary N) is 1. The van der Waals surface area contributed by atoms with Crippen molar-refractivity contribution in [3.05, 3.63) is 29.8 Å². The molecule has 0 unspecified atom stereocenters. The topological polar surface area (TPSA) is 73.0 Å². The number of fused-ring (bicyclic) bond motifs is 1. The Hall–Kier alpha value is -2.41. The van der Waals surface area contributed by atoms with Gasteiger partial charge in [0.2, 0.25) is 5.91 Å². The molecule has 1 spiro atoms. The smallest absolute Gasteiger partial charge is 0.323 e. The van der Waals surface area contributed by atoms with Crippen molar-refractivity contribution in [2.24, 2.45) is 0 Å². The summed E-state index contributed by atoms with van der Waals surface area (Å²) >= 11 is 0. The fourth-order valence-electron chi connectivity index (χ4n) is 4.17. The Morgan fingerprint density at radius 2 is 1.88 bits per heavy atom. The molecule has 0 bridgehead atoms. The van der Waals surface area contributed by atoms with E-state index in [4.69, 9.17) is 0 Å². The number of hydrogen-bond acceptors (Lipinski definition) is 4. The number of carbonyl (C=O) groups excluding carboxylic acids is 3. The normalized spacial score (nSPS) is 22.5. The van der Waals surface area contributed by atoms with E-state index in [2.05, 4.69) is 10.2 Å². The van der Waals surface area contributed by atoms with E-state index in [-0.39, 0.29) is 18.4 Å². The predicted molar refractivity (Wildman–Crippen MR) is 96.8 cm³/mol. The third kappa shape index (κ3) is 2.76. The lowest BCUT2D eigenvalue weighted by molar-refractivity contribution is -0.135. The van der Waals surface area contributed by atoms with Crippen LogP contribution in [0.25, 0.3) is 0 Å². The molecular weight excluding hydrogens is 332 g/mol. The standard InChI is InChI=1S/C19H24N4O3/c1-21-11-8-19(9-12-21)17(25)23(18(26)20-19)13-16(24)22-10-4-6-14-5-2-3-7-15(14)22/h2-3,5,7H,4,6,8-13H2,1H3,(H,20,26). The Bertz CT molecular complexity index is 755. The van der Waals surface area contributed by atoms with Crippen molar-refractivity contribution in [3.63, 3.8) is 0 Å². The number of amides is 4. The minimum absolute atomic E-state index is 0.198. The number of rotatable bonds is 2. The molecule has 26 heavy (non-hydrogen) atoms. The van der Waals surface area contributed by atoms with Crippen LogP contribution in [-0.2, 0) is 16.0 Å². The first-order valence-electron chi connectivity index (χ1n) is 9.21. The van der Waals surface area contributed by atoms with Crippen LogP contribution < -0.4 is 10.2 Å². The van der Waals surface area contributed by atoms with Crippen molar-refractivity contribution in [1.82, 2.24) is 15.1 Å². The first-order valence-corrected chi connectivity index (χ1v) is 9.21. The SMILES string of the molecule is CN1CCC2(CC1)NC(=O)N(CC(=O)N1CCCc3ccccc31)C2=O. The van der Waals surface area contributed by atoms with Gasteiger partial charge in [0.05, 0.1) is 0 Å². The van der Waals surface area contributed by atoms with Gasteiger partial charge in [-0.3, -0.25) is 14.5 Å². The molecule has 7 nitrogen and oxygen atoms in total. The average Bonchev–Trinajstić information content (AvgIpc) is 2.88. The molecule has 1 N–H and O–H groups in total. The number of imide groups is 1. The third-order valence-corrected chi connectivity index (χ3v) is 5.79. The molecule has 3 aliphatic heterocycles. The molecule has 2 saturated heterocycles. The van der Waals surface area contributed by atoms with E-state index in [1.54, 1.807) is 4.90 Å². The molecule has 0 atom stereocenters. The Kier molecular flexibility index (Phi) is 4.19. The number of benzene rings is 1. The highest BCUT2D eigenvalue weighted by atomic mass is 16.2. The van der Waals surface area contributed by atoms with Crippen LogP contribution in [0.5, 0.6) is 0 Å². The van der Waals surface area contributed by atoms with E-state index < -0.39 is 11.6 Å². The van der Waals surface area contributed by atoms with Gasteiger partial charge in [-0.1, -0.05) is 18.2 Å². The number of hydrogen-bond donors (Lipinski definition) is 1. The van der Waals surface area contributed by atoms with Gasteiger partial charge in [0.1, 0.15) is 12.1 Å². The molecule has 4 rings (SSSR count). The minimum atomic E-state index is -0.830. The number of carbonyl (C=O) groups is 3. The summed E-state index contributed by atoms with van der Waals surface area (Å²) in [5.41, 5.74) is 1.20. The summed E-state index contributed by atoms with van der Waals surface area (Å²) in [6.07, 6.45) is 3.01. The Labute approximate surface area is 152 Å². The molecule has 3 heterocycles. The van der Waals surface area contributed by atoms with E-state index in [0.717, 1.165) is 42.1 Å². The van der Waals surface area contributed by atoms with Gasteiger partial charge in [0.25, 0.3) is 5.91 Å². The number of likely N-dealkylation sites (tertiary alicyclic amines) is 1. The summed E-state index contributed by atoms with van der Waals surface area (Å²) in [7, 11) is 2.00. The number of para-hydroxylation sites is 1. The molecular formula is C19H24N4O3. The van der Waals surface area contributed by atoms with Crippen molar-refractivity contribution in [1.29, 1.82) is 0 Å². The summed E-state index contributed by atoms with van der Waals surface area (Å²) in [6, 6.07) is 7.38. The van der Waals surface area contributed by atoms with Crippen LogP contribution in [0.2, 0.25) is 0 Å². The van der Waals surface area contributed by atoms with Crippen LogP contribution in [0.3, 0.4) is 0 Å². The monoisotopic (exact) mass is 356 g/mol. The van der Waals surface area contributed by atoms with E-state index in [1.807, 2.05) is 31.3 Å². The molecule has 0 aromatic heterocycles. The predicted octanol–water partition coefficient (Wildman–Crippen LogP) is 0.982. The summed E-state index contributed by atoms with van der Waals surface area (Å²) < 4.78 is 0. The Morgan fingerprint density at radius 1 is 1.15 bits per heavy atom. The number of urea groups is 1. The fourth-order valence-corrected chi connectivity index (χ4v) is 4.17. The molecule has 0 radical (unpaired) electrons. The summed E-state index contributed by atoms with van der Waals surface area (Å²) in [5, 5.41) is 2.86. The number of anilines is 1. The zero-order chi connectivity index (χ0) is 18.3. The fraction of sp³-hybridized carbons (Fsp3) is 0.526.